The van der Waals surface area contributed by atoms with E-state index in [-0.39, 0.29) is 12.3 Å². The van der Waals surface area contributed by atoms with Crippen molar-refractivity contribution in [2.75, 3.05) is 11.4 Å². The van der Waals surface area contributed by atoms with Crippen molar-refractivity contribution in [3.05, 3.63) is 53.5 Å². The van der Waals surface area contributed by atoms with Gasteiger partial charge in [-0.25, -0.2) is 0 Å². The van der Waals surface area contributed by atoms with E-state index in [0.29, 0.717) is 12.1 Å². The van der Waals surface area contributed by atoms with Crippen LogP contribution in [-0.4, -0.2) is 12.5 Å². The van der Waals surface area contributed by atoms with Crippen LogP contribution >= 0.6 is 0 Å². The van der Waals surface area contributed by atoms with Crippen LogP contribution in [0.25, 0.3) is 0 Å². The van der Waals surface area contributed by atoms with Crippen molar-refractivity contribution in [1.29, 1.82) is 5.26 Å². The minimum Gasteiger partial charge on any atom is -0.472 e. The molecular weight excluding hydrogens is 252 g/mol. The number of benzene rings is 1. The van der Waals surface area contributed by atoms with Crippen molar-refractivity contribution in [1.82, 2.24) is 0 Å². The Morgan fingerprint density at radius 1 is 1.30 bits per heavy atom. The Hall–Kier alpha value is -2.54. The molecule has 0 saturated carbocycles. The Morgan fingerprint density at radius 3 is 2.70 bits per heavy atom. The fourth-order valence-electron chi connectivity index (χ4n) is 1.95. The fraction of sp³-hybridized carbons (Fsp3) is 0.250. The Labute approximate surface area is 118 Å². The monoisotopic (exact) mass is 268 g/mol. The quantitative estimate of drug-likeness (QED) is 0.853. The standard InChI is InChI=1S/C16H16N2O2/c1-12-4-5-15(10-13(12)2)18(8-3-7-17)16(19)14-6-9-20-11-14/h4-6,9-11H,3,8H2,1-2H3. The van der Waals surface area contributed by atoms with Gasteiger partial charge in [-0.3, -0.25) is 4.79 Å². The SMILES string of the molecule is Cc1ccc(N(CCC#N)C(=O)c2ccoc2)cc1C. The first-order valence-electron chi connectivity index (χ1n) is 6.41. The number of nitrogens with zero attached hydrogens (tertiary/aromatic N) is 2. The first kappa shape index (κ1) is 13.9. The first-order chi connectivity index (χ1) is 9.63. The van der Waals surface area contributed by atoms with Crippen LogP contribution in [0.4, 0.5) is 5.69 Å². The number of nitriles is 1. The summed E-state index contributed by atoms with van der Waals surface area (Å²) in [5.41, 5.74) is 3.57. The second-order valence-corrected chi connectivity index (χ2v) is 4.65. The van der Waals surface area contributed by atoms with Gasteiger partial charge in [0.05, 0.1) is 24.3 Å². The van der Waals surface area contributed by atoms with Crippen LogP contribution in [-0.2, 0) is 0 Å². The lowest BCUT2D eigenvalue weighted by Crippen LogP contribution is -2.31. The number of hydrogen-bond donors (Lipinski definition) is 0. The molecule has 1 heterocycles. The molecular formula is C16H16N2O2. The predicted molar refractivity (Wildman–Crippen MR) is 76.5 cm³/mol. The molecule has 1 amide bonds. The molecule has 1 aromatic heterocycles. The molecule has 0 radical (unpaired) electrons. The van der Waals surface area contributed by atoms with Gasteiger partial charge in [0.1, 0.15) is 6.26 Å². The molecule has 0 bridgehead atoms. The average Bonchev–Trinajstić information content (AvgIpc) is 2.97. The maximum atomic E-state index is 12.5. The van der Waals surface area contributed by atoms with Gasteiger partial charge in [0, 0.05) is 12.2 Å². The second kappa shape index (κ2) is 6.07. The van der Waals surface area contributed by atoms with Crippen molar-refractivity contribution < 1.29 is 9.21 Å². The van der Waals surface area contributed by atoms with E-state index in [4.69, 9.17) is 9.68 Å². The third kappa shape index (κ3) is 2.89. The van der Waals surface area contributed by atoms with E-state index in [0.717, 1.165) is 11.3 Å². The number of aryl methyl sites for hydroxylation is 2. The van der Waals surface area contributed by atoms with Gasteiger partial charge >= 0.3 is 0 Å². The van der Waals surface area contributed by atoms with Crippen molar-refractivity contribution >= 4 is 11.6 Å². The Balaban J connectivity index is 2.34. The highest BCUT2D eigenvalue weighted by atomic mass is 16.3. The summed E-state index contributed by atoms with van der Waals surface area (Å²) in [6.45, 7) is 4.39. The smallest absolute Gasteiger partial charge is 0.261 e. The molecule has 1 aromatic carbocycles. The third-order valence-corrected chi connectivity index (χ3v) is 3.26. The van der Waals surface area contributed by atoms with E-state index in [1.54, 1.807) is 11.0 Å². The Morgan fingerprint density at radius 2 is 2.10 bits per heavy atom. The van der Waals surface area contributed by atoms with E-state index >= 15 is 0 Å². The minimum atomic E-state index is -0.155. The number of anilines is 1. The van der Waals surface area contributed by atoms with Crippen LogP contribution in [0, 0.1) is 25.2 Å². The van der Waals surface area contributed by atoms with Crippen molar-refractivity contribution in [2.24, 2.45) is 0 Å². The molecule has 0 fully saturated rings. The van der Waals surface area contributed by atoms with Gasteiger partial charge in [0.2, 0.25) is 0 Å². The number of carbonyl (C=O) groups excluding carboxylic acids is 1. The van der Waals surface area contributed by atoms with Gasteiger partial charge in [-0.1, -0.05) is 6.07 Å². The second-order valence-electron chi connectivity index (χ2n) is 4.65. The molecule has 0 aliphatic heterocycles. The van der Waals surface area contributed by atoms with E-state index < -0.39 is 0 Å². The largest absolute Gasteiger partial charge is 0.472 e. The highest BCUT2D eigenvalue weighted by Crippen LogP contribution is 2.21. The van der Waals surface area contributed by atoms with Crippen LogP contribution < -0.4 is 4.90 Å². The fourth-order valence-corrected chi connectivity index (χ4v) is 1.95. The predicted octanol–water partition coefficient (Wildman–Crippen LogP) is 3.46. The van der Waals surface area contributed by atoms with E-state index in [9.17, 15) is 4.79 Å². The van der Waals surface area contributed by atoms with E-state index in [1.807, 2.05) is 32.0 Å². The summed E-state index contributed by atoms with van der Waals surface area (Å²) in [6.07, 6.45) is 3.18. The summed E-state index contributed by atoms with van der Waals surface area (Å²) in [5.74, 6) is -0.155. The van der Waals surface area contributed by atoms with Gasteiger partial charge < -0.3 is 9.32 Å². The highest BCUT2D eigenvalue weighted by Gasteiger charge is 2.18. The van der Waals surface area contributed by atoms with Crippen LogP contribution in [0.3, 0.4) is 0 Å². The molecule has 4 nitrogen and oxygen atoms in total. The number of rotatable bonds is 4. The van der Waals surface area contributed by atoms with Crippen LogP contribution in [0.2, 0.25) is 0 Å². The van der Waals surface area contributed by atoms with Gasteiger partial charge in [-0.2, -0.15) is 5.26 Å². The van der Waals surface area contributed by atoms with Crippen molar-refractivity contribution in [3.8, 4) is 6.07 Å². The minimum absolute atomic E-state index is 0.155. The molecule has 4 heteroatoms. The molecule has 2 rings (SSSR count). The van der Waals surface area contributed by atoms with Gasteiger partial charge in [-0.05, 0) is 43.2 Å². The van der Waals surface area contributed by atoms with E-state index in [2.05, 4.69) is 6.07 Å². The van der Waals surface area contributed by atoms with Gasteiger partial charge in [-0.15, -0.1) is 0 Å². The third-order valence-electron chi connectivity index (χ3n) is 3.26. The van der Waals surface area contributed by atoms with Crippen LogP contribution in [0.15, 0.2) is 41.2 Å². The zero-order chi connectivity index (χ0) is 14.5. The molecule has 20 heavy (non-hydrogen) atoms. The van der Waals surface area contributed by atoms with Crippen molar-refractivity contribution in [2.45, 2.75) is 20.3 Å². The number of amides is 1. The zero-order valence-electron chi connectivity index (χ0n) is 11.6. The summed E-state index contributed by atoms with van der Waals surface area (Å²) >= 11 is 0. The lowest BCUT2D eigenvalue weighted by atomic mass is 10.1. The van der Waals surface area contributed by atoms with Crippen LogP contribution in [0.1, 0.15) is 27.9 Å². The Bertz CT molecular complexity index is 639. The maximum absolute atomic E-state index is 12.5. The maximum Gasteiger partial charge on any atom is 0.261 e. The van der Waals surface area contributed by atoms with Gasteiger partial charge in [0.15, 0.2) is 0 Å². The highest BCUT2D eigenvalue weighted by molar-refractivity contribution is 6.05. The topological polar surface area (TPSA) is 57.2 Å². The summed E-state index contributed by atoms with van der Waals surface area (Å²) in [4.78, 5) is 14.1. The first-order valence-corrected chi connectivity index (χ1v) is 6.41. The lowest BCUT2D eigenvalue weighted by Gasteiger charge is -2.22. The molecule has 0 unspecified atom stereocenters. The van der Waals surface area contributed by atoms with Gasteiger partial charge in [0.25, 0.3) is 5.91 Å². The normalized spacial score (nSPS) is 10.1. The molecule has 0 aliphatic carbocycles. The molecule has 0 saturated heterocycles. The molecule has 0 spiro atoms. The molecule has 2 aromatic rings. The summed E-state index contributed by atoms with van der Waals surface area (Å²) in [7, 11) is 0. The number of hydrogen-bond acceptors (Lipinski definition) is 3. The van der Waals surface area contributed by atoms with E-state index in [1.165, 1.54) is 18.1 Å². The Kier molecular flexibility index (Phi) is 4.21. The lowest BCUT2D eigenvalue weighted by molar-refractivity contribution is 0.0987. The summed E-state index contributed by atoms with van der Waals surface area (Å²) in [5, 5.41) is 8.77. The summed E-state index contributed by atoms with van der Waals surface area (Å²) in [6, 6.07) is 9.55. The summed E-state index contributed by atoms with van der Waals surface area (Å²) < 4.78 is 4.96. The molecule has 102 valence electrons. The average molecular weight is 268 g/mol. The molecule has 0 aliphatic rings. The number of carbonyl (C=O) groups is 1. The molecule has 0 atom stereocenters. The van der Waals surface area contributed by atoms with Crippen LogP contribution in [0.5, 0.6) is 0 Å². The molecule has 0 N–H and O–H groups in total. The van der Waals surface area contributed by atoms with Crippen molar-refractivity contribution in [3.63, 3.8) is 0 Å². The number of furan rings is 1. The zero-order valence-corrected chi connectivity index (χ0v) is 11.6.